The SMILES string of the molecule is COCCNCC1(Cc2cc(Cl)ccc2F)CCCC1. The van der Waals surface area contributed by atoms with Crippen LogP contribution in [0.25, 0.3) is 0 Å². The van der Waals surface area contributed by atoms with E-state index in [1.807, 2.05) is 0 Å². The van der Waals surface area contributed by atoms with E-state index in [-0.39, 0.29) is 11.2 Å². The first-order chi connectivity index (χ1) is 9.65. The molecule has 0 saturated heterocycles. The zero-order valence-electron chi connectivity index (χ0n) is 12.1. The van der Waals surface area contributed by atoms with Crippen LogP contribution in [0.1, 0.15) is 31.2 Å². The van der Waals surface area contributed by atoms with E-state index in [1.165, 1.54) is 18.9 Å². The fourth-order valence-corrected chi connectivity index (χ4v) is 3.35. The molecular formula is C16H23ClFNO. The van der Waals surface area contributed by atoms with Crippen molar-refractivity contribution in [2.45, 2.75) is 32.1 Å². The number of hydrogen-bond donors (Lipinski definition) is 1. The van der Waals surface area contributed by atoms with E-state index in [9.17, 15) is 4.39 Å². The second kappa shape index (κ2) is 7.39. The molecule has 0 unspecified atom stereocenters. The monoisotopic (exact) mass is 299 g/mol. The van der Waals surface area contributed by atoms with Crippen molar-refractivity contribution in [3.63, 3.8) is 0 Å². The first-order valence-electron chi connectivity index (χ1n) is 7.29. The molecule has 1 aliphatic rings. The lowest BCUT2D eigenvalue weighted by Crippen LogP contribution is -2.35. The average Bonchev–Trinajstić information content (AvgIpc) is 2.88. The Kier molecular flexibility index (Phi) is 5.82. The second-order valence-corrected chi connectivity index (χ2v) is 6.23. The van der Waals surface area contributed by atoms with Crippen LogP contribution in [0.3, 0.4) is 0 Å². The number of halogens is 2. The topological polar surface area (TPSA) is 21.3 Å². The molecule has 0 spiro atoms. The van der Waals surface area contributed by atoms with E-state index in [0.29, 0.717) is 11.6 Å². The zero-order valence-corrected chi connectivity index (χ0v) is 12.8. The third kappa shape index (κ3) is 4.18. The lowest BCUT2D eigenvalue weighted by Gasteiger charge is -2.30. The summed E-state index contributed by atoms with van der Waals surface area (Å²) in [4.78, 5) is 0. The number of hydrogen-bond acceptors (Lipinski definition) is 2. The Morgan fingerprint density at radius 2 is 2.10 bits per heavy atom. The number of rotatable bonds is 7. The molecule has 0 radical (unpaired) electrons. The fourth-order valence-electron chi connectivity index (χ4n) is 3.15. The highest BCUT2D eigenvalue weighted by atomic mass is 35.5. The summed E-state index contributed by atoms with van der Waals surface area (Å²) >= 11 is 5.99. The molecule has 4 heteroatoms. The van der Waals surface area contributed by atoms with Crippen molar-refractivity contribution in [1.82, 2.24) is 5.32 Å². The van der Waals surface area contributed by atoms with Crippen molar-refractivity contribution >= 4 is 11.6 Å². The first kappa shape index (κ1) is 15.7. The molecule has 1 fully saturated rings. The molecule has 2 nitrogen and oxygen atoms in total. The van der Waals surface area contributed by atoms with Gasteiger partial charge in [0, 0.05) is 25.2 Å². The minimum absolute atomic E-state index is 0.141. The van der Waals surface area contributed by atoms with Gasteiger partial charge in [-0.1, -0.05) is 24.4 Å². The van der Waals surface area contributed by atoms with Crippen LogP contribution in [-0.2, 0) is 11.2 Å². The van der Waals surface area contributed by atoms with Gasteiger partial charge in [-0.2, -0.15) is 0 Å². The van der Waals surface area contributed by atoms with Crippen molar-refractivity contribution < 1.29 is 9.13 Å². The molecular weight excluding hydrogens is 277 g/mol. The third-order valence-corrected chi connectivity index (χ3v) is 4.46. The van der Waals surface area contributed by atoms with Gasteiger partial charge in [0.15, 0.2) is 0 Å². The number of nitrogens with one attached hydrogen (secondary N) is 1. The molecule has 0 aliphatic heterocycles. The zero-order chi connectivity index (χ0) is 14.4. The normalized spacial score (nSPS) is 17.6. The summed E-state index contributed by atoms with van der Waals surface area (Å²) in [6.45, 7) is 2.47. The Bertz CT molecular complexity index is 432. The Hall–Kier alpha value is -0.640. The van der Waals surface area contributed by atoms with Gasteiger partial charge in [-0.15, -0.1) is 0 Å². The molecule has 1 saturated carbocycles. The molecule has 1 aromatic rings. The predicted octanol–water partition coefficient (Wildman–Crippen LogP) is 3.82. The highest BCUT2D eigenvalue weighted by Gasteiger charge is 2.34. The summed E-state index contributed by atoms with van der Waals surface area (Å²) in [6.07, 6.45) is 5.53. The van der Waals surface area contributed by atoms with Crippen molar-refractivity contribution in [1.29, 1.82) is 0 Å². The molecule has 2 rings (SSSR count). The van der Waals surface area contributed by atoms with Crippen LogP contribution in [0.4, 0.5) is 4.39 Å². The van der Waals surface area contributed by atoms with Crippen molar-refractivity contribution in [2.75, 3.05) is 26.8 Å². The van der Waals surface area contributed by atoms with Crippen LogP contribution in [0.15, 0.2) is 18.2 Å². The fraction of sp³-hybridized carbons (Fsp3) is 0.625. The molecule has 1 aliphatic carbocycles. The largest absolute Gasteiger partial charge is 0.383 e. The second-order valence-electron chi connectivity index (χ2n) is 5.79. The maximum atomic E-state index is 13.9. The van der Waals surface area contributed by atoms with Gasteiger partial charge < -0.3 is 10.1 Å². The highest BCUT2D eigenvalue weighted by Crippen LogP contribution is 2.41. The average molecular weight is 300 g/mol. The van der Waals surface area contributed by atoms with Gasteiger partial charge in [0.05, 0.1) is 6.61 Å². The molecule has 0 amide bonds. The van der Waals surface area contributed by atoms with Gasteiger partial charge in [-0.25, -0.2) is 4.39 Å². The van der Waals surface area contributed by atoms with Crippen LogP contribution in [0.2, 0.25) is 5.02 Å². The molecule has 0 heterocycles. The Morgan fingerprint density at radius 1 is 1.35 bits per heavy atom. The minimum Gasteiger partial charge on any atom is -0.383 e. The van der Waals surface area contributed by atoms with Gasteiger partial charge >= 0.3 is 0 Å². The summed E-state index contributed by atoms with van der Waals surface area (Å²) in [7, 11) is 1.70. The van der Waals surface area contributed by atoms with Crippen molar-refractivity contribution in [2.24, 2.45) is 5.41 Å². The maximum Gasteiger partial charge on any atom is 0.126 e. The van der Waals surface area contributed by atoms with E-state index < -0.39 is 0 Å². The van der Waals surface area contributed by atoms with Crippen molar-refractivity contribution in [3.05, 3.63) is 34.6 Å². The lowest BCUT2D eigenvalue weighted by atomic mass is 9.79. The molecule has 112 valence electrons. The molecule has 1 N–H and O–H groups in total. The maximum absolute atomic E-state index is 13.9. The van der Waals surface area contributed by atoms with E-state index in [2.05, 4.69) is 5.32 Å². The number of methoxy groups -OCH3 is 1. The Morgan fingerprint density at radius 3 is 2.80 bits per heavy atom. The first-order valence-corrected chi connectivity index (χ1v) is 7.67. The molecule has 1 aromatic carbocycles. The van der Waals surface area contributed by atoms with Gasteiger partial charge in [0.1, 0.15) is 5.82 Å². The van der Waals surface area contributed by atoms with Gasteiger partial charge in [-0.3, -0.25) is 0 Å². The van der Waals surface area contributed by atoms with Crippen LogP contribution < -0.4 is 5.32 Å². The van der Waals surface area contributed by atoms with Crippen molar-refractivity contribution in [3.8, 4) is 0 Å². The predicted molar refractivity (Wildman–Crippen MR) is 80.8 cm³/mol. The summed E-state index contributed by atoms with van der Waals surface area (Å²) < 4.78 is 19.0. The summed E-state index contributed by atoms with van der Waals surface area (Å²) in [5.41, 5.74) is 0.909. The van der Waals surface area contributed by atoms with Gasteiger partial charge in [-0.05, 0) is 48.4 Å². The summed E-state index contributed by atoms with van der Waals surface area (Å²) in [5.74, 6) is -0.141. The van der Waals surface area contributed by atoms with Crippen LogP contribution in [-0.4, -0.2) is 26.8 Å². The molecule has 0 bridgehead atoms. The van der Waals surface area contributed by atoms with Crippen LogP contribution in [0, 0.1) is 11.2 Å². The Balaban J connectivity index is 2.02. The van der Waals surface area contributed by atoms with Crippen LogP contribution in [0.5, 0.6) is 0 Å². The summed E-state index contributed by atoms with van der Waals surface area (Å²) in [6, 6.07) is 4.85. The lowest BCUT2D eigenvalue weighted by molar-refractivity contribution is 0.189. The number of ether oxygens (including phenoxy) is 1. The molecule has 20 heavy (non-hydrogen) atoms. The van der Waals surface area contributed by atoms with E-state index in [1.54, 1.807) is 19.2 Å². The molecule has 0 aromatic heterocycles. The van der Waals surface area contributed by atoms with E-state index >= 15 is 0 Å². The minimum atomic E-state index is -0.141. The third-order valence-electron chi connectivity index (χ3n) is 4.22. The number of benzene rings is 1. The highest BCUT2D eigenvalue weighted by molar-refractivity contribution is 6.30. The smallest absolute Gasteiger partial charge is 0.126 e. The van der Waals surface area contributed by atoms with E-state index in [0.717, 1.165) is 37.9 Å². The molecule has 0 atom stereocenters. The van der Waals surface area contributed by atoms with E-state index in [4.69, 9.17) is 16.3 Å². The Labute approximate surface area is 125 Å². The standard InChI is InChI=1S/C16H23ClFNO/c1-20-9-8-19-12-16(6-2-3-7-16)11-13-10-14(17)4-5-15(13)18/h4-5,10,19H,2-3,6-9,11-12H2,1H3. The van der Waals surface area contributed by atoms with Gasteiger partial charge in [0.25, 0.3) is 0 Å². The summed E-state index contributed by atoms with van der Waals surface area (Å²) in [5, 5.41) is 4.06. The quantitative estimate of drug-likeness (QED) is 0.773. The van der Waals surface area contributed by atoms with Gasteiger partial charge in [0.2, 0.25) is 0 Å². The van der Waals surface area contributed by atoms with Crippen LogP contribution >= 0.6 is 11.6 Å².